The highest BCUT2D eigenvalue weighted by molar-refractivity contribution is 5.36. The predicted molar refractivity (Wildman–Crippen MR) is 122 cm³/mol. The van der Waals surface area contributed by atoms with Crippen LogP contribution < -0.4 is 5.32 Å². The Hall–Kier alpha value is -2.43. The van der Waals surface area contributed by atoms with Crippen LogP contribution >= 0.6 is 0 Å². The monoisotopic (exact) mass is 408 g/mol. The molecule has 1 aliphatic rings. The summed E-state index contributed by atoms with van der Waals surface area (Å²) in [6.07, 6.45) is 3.06. The molecule has 0 amide bonds. The molecule has 2 aromatic rings. The molecule has 3 rings (SSSR count). The maximum atomic E-state index is 15.1. The molecule has 2 atom stereocenters. The zero-order valence-corrected chi connectivity index (χ0v) is 18.4. The topological polar surface area (TPSA) is 24.5 Å². The van der Waals surface area contributed by atoms with E-state index < -0.39 is 6.17 Å². The number of rotatable bonds is 9. The van der Waals surface area contributed by atoms with Crippen molar-refractivity contribution in [3.63, 3.8) is 0 Å². The third-order valence-corrected chi connectivity index (χ3v) is 5.89. The number of allylic oxidation sites excluding steroid dienone is 1. The number of benzene rings is 2. The van der Waals surface area contributed by atoms with E-state index in [9.17, 15) is 0 Å². The van der Waals surface area contributed by atoms with Crippen molar-refractivity contribution in [1.82, 2.24) is 10.4 Å². The quantitative estimate of drug-likeness (QED) is 0.525. The number of nitrogens with zero attached hydrogens (tertiary/aromatic N) is 1. The molecular formula is C26H33FN2O. The van der Waals surface area contributed by atoms with E-state index in [4.69, 9.17) is 4.84 Å². The molecule has 2 unspecified atom stereocenters. The van der Waals surface area contributed by atoms with Crippen LogP contribution in [0.2, 0.25) is 0 Å². The first-order valence-corrected chi connectivity index (χ1v) is 10.6. The summed E-state index contributed by atoms with van der Waals surface area (Å²) in [5.74, 6) is 0. The number of hydroxylamine groups is 2. The summed E-state index contributed by atoms with van der Waals surface area (Å²) in [5, 5.41) is 5.15. The highest BCUT2D eigenvalue weighted by Crippen LogP contribution is 2.30. The first-order chi connectivity index (χ1) is 14.4. The summed E-state index contributed by atoms with van der Waals surface area (Å²) in [6.45, 7) is 13.1. The number of alkyl halides is 1. The summed E-state index contributed by atoms with van der Waals surface area (Å²) < 4.78 is 15.1. The minimum absolute atomic E-state index is 0.0636. The largest absolute Gasteiger partial charge is 0.391 e. The predicted octanol–water partition coefficient (Wildman–Crippen LogP) is 5.87. The van der Waals surface area contributed by atoms with Crippen molar-refractivity contribution in [2.75, 3.05) is 7.05 Å². The number of fused-ring (bicyclic) bond motifs is 1. The fourth-order valence-electron chi connectivity index (χ4n) is 4.01. The number of hydrogen-bond acceptors (Lipinski definition) is 3. The van der Waals surface area contributed by atoms with Crippen LogP contribution in [0, 0.1) is 13.8 Å². The Kier molecular flexibility index (Phi) is 7.46. The SMILES string of the molecule is C=CCCC(C(=C)NC)N1Cc2cc(CC(F)c3cc(C)ccc3C)ccc2CO1. The molecule has 1 aliphatic heterocycles. The van der Waals surface area contributed by atoms with Crippen LogP contribution in [-0.2, 0) is 24.4 Å². The lowest BCUT2D eigenvalue weighted by Gasteiger charge is -2.35. The molecule has 1 N–H and O–H groups in total. The lowest BCUT2D eigenvalue weighted by atomic mass is 9.94. The van der Waals surface area contributed by atoms with Crippen LogP contribution in [0.25, 0.3) is 0 Å². The molecule has 0 saturated carbocycles. The van der Waals surface area contributed by atoms with Crippen molar-refractivity contribution in [2.24, 2.45) is 0 Å². The summed E-state index contributed by atoms with van der Waals surface area (Å²) in [4.78, 5) is 6.03. The van der Waals surface area contributed by atoms with Gasteiger partial charge in [0.2, 0.25) is 0 Å². The number of likely N-dealkylation sites (N-methyl/N-ethyl adjacent to an activating group) is 1. The fraction of sp³-hybridized carbons (Fsp3) is 0.385. The summed E-state index contributed by atoms with van der Waals surface area (Å²) in [7, 11) is 1.88. The lowest BCUT2D eigenvalue weighted by molar-refractivity contribution is -0.207. The van der Waals surface area contributed by atoms with Gasteiger partial charge in [0, 0.05) is 19.2 Å². The van der Waals surface area contributed by atoms with Gasteiger partial charge in [-0.3, -0.25) is 4.84 Å². The average molecular weight is 409 g/mol. The van der Waals surface area contributed by atoms with Crippen LogP contribution in [0.1, 0.15) is 52.4 Å². The van der Waals surface area contributed by atoms with Gasteiger partial charge in [-0.05, 0) is 54.5 Å². The molecule has 4 heteroatoms. The smallest absolute Gasteiger partial charge is 0.129 e. The van der Waals surface area contributed by atoms with E-state index in [0.717, 1.165) is 46.4 Å². The van der Waals surface area contributed by atoms with Crippen molar-refractivity contribution in [2.45, 2.75) is 58.5 Å². The van der Waals surface area contributed by atoms with Crippen LogP contribution in [-0.4, -0.2) is 18.2 Å². The Morgan fingerprint density at radius 2 is 2.03 bits per heavy atom. The van der Waals surface area contributed by atoms with Gasteiger partial charge in [0.1, 0.15) is 6.17 Å². The number of nitrogens with one attached hydrogen (secondary N) is 1. The zero-order valence-electron chi connectivity index (χ0n) is 18.4. The first-order valence-electron chi connectivity index (χ1n) is 10.6. The molecule has 0 aromatic heterocycles. The van der Waals surface area contributed by atoms with Gasteiger partial charge in [-0.1, -0.05) is 54.6 Å². The maximum absolute atomic E-state index is 15.1. The Morgan fingerprint density at radius 3 is 2.77 bits per heavy atom. The average Bonchev–Trinajstić information content (AvgIpc) is 2.75. The lowest BCUT2D eigenvalue weighted by Crippen LogP contribution is -2.41. The number of aryl methyl sites for hydroxylation is 2. The van der Waals surface area contributed by atoms with E-state index in [2.05, 4.69) is 30.6 Å². The molecular weight excluding hydrogens is 375 g/mol. The molecule has 1 heterocycles. The van der Waals surface area contributed by atoms with Gasteiger partial charge < -0.3 is 5.32 Å². The normalized spacial score (nSPS) is 15.9. The van der Waals surface area contributed by atoms with Crippen LogP contribution in [0.15, 0.2) is 61.3 Å². The van der Waals surface area contributed by atoms with E-state index in [1.165, 1.54) is 5.56 Å². The van der Waals surface area contributed by atoms with Crippen molar-refractivity contribution in [3.05, 3.63) is 94.7 Å². The Morgan fingerprint density at radius 1 is 1.23 bits per heavy atom. The first kappa shape index (κ1) is 22.3. The maximum Gasteiger partial charge on any atom is 0.129 e. The Labute approximate surface area is 180 Å². The van der Waals surface area contributed by atoms with Crippen molar-refractivity contribution in [1.29, 1.82) is 0 Å². The van der Waals surface area contributed by atoms with E-state index in [-0.39, 0.29) is 6.04 Å². The van der Waals surface area contributed by atoms with Crippen LogP contribution in [0.3, 0.4) is 0 Å². The molecule has 0 fully saturated rings. The highest BCUT2D eigenvalue weighted by atomic mass is 19.1. The van der Waals surface area contributed by atoms with Gasteiger partial charge in [0.25, 0.3) is 0 Å². The third kappa shape index (κ3) is 5.18. The van der Waals surface area contributed by atoms with E-state index in [0.29, 0.717) is 19.6 Å². The van der Waals surface area contributed by atoms with Gasteiger partial charge in [0.15, 0.2) is 0 Å². The third-order valence-electron chi connectivity index (χ3n) is 5.89. The van der Waals surface area contributed by atoms with Crippen molar-refractivity contribution < 1.29 is 9.23 Å². The minimum Gasteiger partial charge on any atom is -0.391 e. The zero-order chi connectivity index (χ0) is 21.7. The van der Waals surface area contributed by atoms with Gasteiger partial charge in [0.05, 0.1) is 19.2 Å². The Bertz CT molecular complexity index is 908. The second-order valence-corrected chi connectivity index (χ2v) is 8.14. The number of hydrogen-bond donors (Lipinski definition) is 1. The number of halogens is 1. The molecule has 0 aliphatic carbocycles. The van der Waals surface area contributed by atoms with Crippen LogP contribution in [0.4, 0.5) is 4.39 Å². The summed E-state index contributed by atoms with van der Waals surface area (Å²) >= 11 is 0. The molecule has 30 heavy (non-hydrogen) atoms. The second kappa shape index (κ2) is 10.1. The molecule has 0 saturated heterocycles. The van der Waals surface area contributed by atoms with Crippen molar-refractivity contribution in [3.8, 4) is 0 Å². The summed E-state index contributed by atoms with van der Waals surface area (Å²) in [5.41, 5.74) is 7.17. The molecule has 0 bridgehead atoms. The summed E-state index contributed by atoms with van der Waals surface area (Å²) in [6, 6.07) is 12.3. The standard InChI is InChI=1S/C26H33FN2O/c1-6-7-8-26(20(4)28-5)29-16-23-14-21(11-12-22(23)17-30-29)15-25(27)24-13-18(2)9-10-19(24)3/h6,9-14,25-26,28H,1,4,7-8,15-17H2,2-3,5H3. The van der Waals surface area contributed by atoms with E-state index >= 15 is 4.39 Å². The van der Waals surface area contributed by atoms with E-state index in [1.807, 2.05) is 56.3 Å². The molecule has 0 radical (unpaired) electrons. The van der Waals surface area contributed by atoms with Crippen LogP contribution in [0.5, 0.6) is 0 Å². The van der Waals surface area contributed by atoms with Crippen molar-refractivity contribution >= 4 is 0 Å². The van der Waals surface area contributed by atoms with Gasteiger partial charge in [-0.15, -0.1) is 6.58 Å². The molecule has 2 aromatic carbocycles. The van der Waals surface area contributed by atoms with Gasteiger partial charge in [-0.25, -0.2) is 4.39 Å². The molecule has 0 spiro atoms. The van der Waals surface area contributed by atoms with Gasteiger partial charge in [-0.2, -0.15) is 5.06 Å². The molecule has 3 nitrogen and oxygen atoms in total. The van der Waals surface area contributed by atoms with E-state index in [1.54, 1.807) is 0 Å². The molecule has 160 valence electrons. The highest BCUT2D eigenvalue weighted by Gasteiger charge is 2.26. The fourth-order valence-corrected chi connectivity index (χ4v) is 4.01. The van der Waals surface area contributed by atoms with Gasteiger partial charge >= 0.3 is 0 Å². The second-order valence-electron chi connectivity index (χ2n) is 8.14. The minimum atomic E-state index is -1.01. The Balaban J connectivity index is 1.76.